The number of nitrogens with one attached hydrogen (secondary N) is 3. The molecule has 1 aliphatic rings. The number of esters is 1. The van der Waals surface area contributed by atoms with Crippen LogP contribution >= 0.6 is 39.1 Å². The molecule has 1 aliphatic heterocycles. The van der Waals surface area contributed by atoms with Gasteiger partial charge in [0.05, 0.1) is 36.0 Å². The molecule has 236 valence electrons. The number of methoxy groups -OCH3 is 1. The van der Waals surface area contributed by atoms with Crippen molar-refractivity contribution in [2.24, 2.45) is 5.10 Å². The van der Waals surface area contributed by atoms with Gasteiger partial charge >= 0.3 is 12.0 Å². The molecule has 3 amide bonds. The maximum absolute atomic E-state index is 12.6. The van der Waals surface area contributed by atoms with Crippen molar-refractivity contribution in [2.45, 2.75) is 26.5 Å². The van der Waals surface area contributed by atoms with Gasteiger partial charge in [-0.05, 0) is 83.4 Å². The van der Waals surface area contributed by atoms with Crippen molar-refractivity contribution in [1.82, 2.24) is 16.1 Å². The number of benzene rings is 3. The molecule has 14 heteroatoms. The Morgan fingerprint density at radius 3 is 2.53 bits per heavy atom. The average Bonchev–Trinajstić information content (AvgIpc) is 3.00. The highest BCUT2D eigenvalue weighted by Crippen LogP contribution is 2.35. The second kappa shape index (κ2) is 15.6. The van der Waals surface area contributed by atoms with Crippen LogP contribution in [0.4, 0.5) is 4.79 Å². The van der Waals surface area contributed by atoms with Gasteiger partial charge in [0.25, 0.3) is 5.91 Å². The van der Waals surface area contributed by atoms with E-state index in [9.17, 15) is 14.4 Å². The molecule has 0 unspecified atom stereocenters. The van der Waals surface area contributed by atoms with Gasteiger partial charge in [-0.1, -0.05) is 35.3 Å². The van der Waals surface area contributed by atoms with Crippen LogP contribution in [0.15, 0.2) is 75.4 Å². The molecule has 0 spiro atoms. The van der Waals surface area contributed by atoms with Crippen molar-refractivity contribution >= 4 is 63.3 Å². The Morgan fingerprint density at radius 1 is 1.04 bits per heavy atom. The second-order valence-corrected chi connectivity index (χ2v) is 11.2. The van der Waals surface area contributed by atoms with E-state index in [0.29, 0.717) is 42.8 Å². The maximum atomic E-state index is 12.6. The van der Waals surface area contributed by atoms with Crippen LogP contribution in [0.1, 0.15) is 36.6 Å². The molecule has 0 aliphatic carbocycles. The van der Waals surface area contributed by atoms with E-state index in [1.54, 1.807) is 68.4 Å². The van der Waals surface area contributed by atoms with Crippen LogP contribution in [-0.2, 0) is 20.9 Å². The first kappa shape index (κ1) is 33.6. The van der Waals surface area contributed by atoms with E-state index in [4.69, 9.17) is 42.1 Å². The topological polar surface area (TPSA) is 137 Å². The Morgan fingerprint density at radius 2 is 1.82 bits per heavy atom. The van der Waals surface area contributed by atoms with Crippen LogP contribution in [0.5, 0.6) is 17.2 Å². The summed E-state index contributed by atoms with van der Waals surface area (Å²) in [5.74, 6) is 0.105. The van der Waals surface area contributed by atoms with E-state index in [0.717, 1.165) is 5.56 Å². The third-order valence-corrected chi connectivity index (χ3v) is 7.61. The van der Waals surface area contributed by atoms with Crippen LogP contribution in [0.3, 0.4) is 0 Å². The lowest BCUT2D eigenvalue weighted by molar-refractivity contribution is -0.139. The third kappa shape index (κ3) is 8.90. The van der Waals surface area contributed by atoms with Gasteiger partial charge in [0.15, 0.2) is 18.1 Å². The first-order valence-electron chi connectivity index (χ1n) is 13.5. The molecule has 1 atom stereocenters. The van der Waals surface area contributed by atoms with E-state index in [1.807, 2.05) is 0 Å². The molecule has 4 rings (SSSR count). The van der Waals surface area contributed by atoms with Crippen molar-refractivity contribution < 1.29 is 33.3 Å². The number of amides is 3. The van der Waals surface area contributed by atoms with E-state index in [-0.39, 0.29) is 31.1 Å². The molecule has 1 heterocycles. The predicted octanol–water partition coefficient (Wildman–Crippen LogP) is 6.06. The van der Waals surface area contributed by atoms with E-state index >= 15 is 0 Å². The first-order valence-corrected chi connectivity index (χ1v) is 15.1. The largest absolute Gasteiger partial charge is 0.493 e. The Hall–Kier alpha value is -4.26. The molecule has 0 saturated carbocycles. The molecule has 0 radical (unpaired) electrons. The van der Waals surface area contributed by atoms with Crippen molar-refractivity contribution in [2.75, 3.05) is 20.3 Å². The van der Waals surface area contributed by atoms with Gasteiger partial charge in [-0.3, -0.25) is 4.79 Å². The fraction of sp³-hybridized carbons (Fsp3) is 0.226. The quantitative estimate of drug-likeness (QED) is 0.118. The Balaban J connectivity index is 1.33. The lowest BCUT2D eigenvalue weighted by Gasteiger charge is -2.28. The van der Waals surface area contributed by atoms with Gasteiger partial charge in [0.2, 0.25) is 0 Å². The zero-order valence-electron chi connectivity index (χ0n) is 24.4. The molecular formula is C31H29BrCl2N4O7. The number of nitrogens with zero attached hydrogens (tertiary/aromatic N) is 1. The fourth-order valence-corrected chi connectivity index (χ4v) is 5.24. The van der Waals surface area contributed by atoms with Gasteiger partial charge in [-0.2, -0.15) is 5.10 Å². The summed E-state index contributed by atoms with van der Waals surface area (Å²) >= 11 is 15.6. The van der Waals surface area contributed by atoms with Crippen molar-refractivity contribution in [1.29, 1.82) is 0 Å². The second-order valence-electron chi connectivity index (χ2n) is 9.50. The summed E-state index contributed by atoms with van der Waals surface area (Å²) in [6, 6.07) is 14.1. The first-order chi connectivity index (χ1) is 21.6. The number of ether oxygens (including phenoxy) is 4. The maximum Gasteiger partial charge on any atom is 0.338 e. The number of urea groups is 1. The number of hydrogen-bond donors (Lipinski definition) is 3. The van der Waals surface area contributed by atoms with Crippen LogP contribution < -0.4 is 30.3 Å². The summed E-state index contributed by atoms with van der Waals surface area (Å²) in [7, 11) is 1.44. The highest BCUT2D eigenvalue weighted by Gasteiger charge is 2.32. The third-order valence-electron chi connectivity index (χ3n) is 6.40. The van der Waals surface area contributed by atoms with Crippen LogP contribution in [0.2, 0.25) is 10.0 Å². The minimum absolute atomic E-state index is 0.180. The van der Waals surface area contributed by atoms with E-state index in [2.05, 4.69) is 37.1 Å². The number of allylic oxidation sites excluding steroid dienone is 1. The van der Waals surface area contributed by atoms with Crippen LogP contribution in [0.25, 0.3) is 0 Å². The zero-order chi connectivity index (χ0) is 32.5. The number of halogens is 3. The molecule has 0 fully saturated rings. The summed E-state index contributed by atoms with van der Waals surface area (Å²) in [6.07, 6.45) is 1.47. The molecule has 45 heavy (non-hydrogen) atoms. The van der Waals surface area contributed by atoms with Gasteiger partial charge in [-0.25, -0.2) is 15.0 Å². The molecule has 3 aromatic carbocycles. The van der Waals surface area contributed by atoms with Gasteiger partial charge in [0.1, 0.15) is 12.4 Å². The standard InChI is InChI=1S/C31H29BrCl2N4O7/c1-4-43-30(40)28-17(2)36-31(41)37-29(28)19-7-10-25(26(12-19)42-3)45-16-27(39)38-35-14-18-5-9-24(22(32)11-18)44-15-20-6-8-21(33)13-23(20)34/h5-14,29H,4,15-16H2,1-3H3,(H,38,39)(H2,36,37,41)/b35-14-/t29-/m1/s1. The minimum atomic E-state index is -0.777. The lowest BCUT2D eigenvalue weighted by atomic mass is 9.95. The Labute approximate surface area is 278 Å². The molecule has 11 nitrogen and oxygen atoms in total. The number of rotatable bonds is 12. The van der Waals surface area contributed by atoms with Crippen molar-refractivity contribution in [3.05, 3.63) is 97.1 Å². The summed E-state index contributed by atoms with van der Waals surface area (Å²) in [5.41, 5.74) is 5.12. The van der Waals surface area contributed by atoms with E-state index in [1.165, 1.54) is 13.3 Å². The SMILES string of the molecule is CCOC(=O)C1=C(C)NC(=O)N[C@@H]1c1ccc(OCC(=O)N/N=C\c2ccc(OCc3ccc(Cl)cc3Cl)c(Br)c2)c(OC)c1. The Bertz CT molecular complexity index is 1660. The molecule has 3 aromatic rings. The number of hydrogen-bond acceptors (Lipinski definition) is 8. The van der Waals surface area contributed by atoms with Gasteiger partial charge in [0, 0.05) is 21.3 Å². The summed E-state index contributed by atoms with van der Waals surface area (Å²) in [5, 5.41) is 10.4. The van der Waals surface area contributed by atoms with Crippen LogP contribution in [0, 0.1) is 0 Å². The van der Waals surface area contributed by atoms with E-state index < -0.39 is 23.9 Å². The summed E-state index contributed by atoms with van der Waals surface area (Å²) in [6.45, 7) is 3.40. The molecule has 0 aromatic heterocycles. The minimum Gasteiger partial charge on any atom is -0.493 e. The summed E-state index contributed by atoms with van der Waals surface area (Å²) in [4.78, 5) is 37.2. The number of hydrazone groups is 1. The van der Waals surface area contributed by atoms with Crippen molar-refractivity contribution in [3.63, 3.8) is 0 Å². The smallest absolute Gasteiger partial charge is 0.338 e. The van der Waals surface area contributed by atoms with Gasteiger partial charge < -0.3 is 29.6 Å². The number of carbonyl (C=O) groups excluding carboxylic acids is 3. The Kier molecular flexibility index (Phi) is 11.7. The summed E-state index contributed by atoms with van der Waals surface area (Å²) < 4.78 is 22.8. The molecule has 0 saturated heterocycles. The van der Waals surface area contributed by atoms with Crippen LogP contribution in [-0.4, -0.2) is 44.4 Å². The highest BCUT2D eigenvalue weighted by molar-refractivity contribution is 9.10. The molecule has 0 bridgehead atoms. The lowest BCUT2D eigenvalue weighted by Crippen LogP contribution is -2.45. The molecular weight excluding hydrogens is 691 g/mol. The predicted molar refractivity (Wildman–Crippen MR) is 173 cm³/mol. The zero-order valence-corrected chi connectivity index (χ0v) is 27.5. The van der Waals surface area contributed by atoms with Gasteiger partial charge in [-0.15, -0.1) is 0 Å². The monoisotopic (exact) mass is 718 g/mol. The van der Waals surface area contributed by atoms with Crippen molar-refractivity contribution in [3.8, 4) is 17.2 Å². The number of carbonyl (C=O) groups is 3. The molecule has 3 N–H and O–H groups in total. The normalized spacial score (nSPS) is 14.4. The highest BCUT2D eigenvalue weighted by atomic mass is 79.9. The average molecular weight is 720 g/mol. The fourth-order valence-electron chi connectivity index (χ4n) is 4.27.